The Kier molecular flexibility index (Phi) is 4.43. The Labute approximate surface area is 134 Å². The highest BCUT2D eigenvalue weighted by atomic mass is 16.3. The van der Waals surface area contributed by atoms with Crippen molar-refractivity contribution in [1.82, 2.24) is 4.90 Å². The van der Waals surface area contributed by atoms with Crippen LogP contribution in [0.5, 0.6) is 0 Å². The highest BCUT2D eigenvalue weighted by Crippen LogP contribution is 2.28. The summed E-state index contributed by atoms with van der Waals surface area (Å²) in [6.45, 7) is 0.939. The average Bonchev–Trinajstić information content (AvgIpc) is 3.25. The van der Waals surface area contributed by atoms with Crippen molar-refractivity contribution in [3.63, 3.8) is 0 Å². The Morgan fingerprint density at radius 1 is 1.22 bits per heavy atom. The van der Waals surface area contributed by atoms with Gasteiger partial charge in [0.15, 0.2) is 0 Å². The predicted octanol–water partition coefficient (Wildman–Crippen LogP) is 1.98. The fraction of sp³-hybridized carbons (Fsp3) is 0.294. The molecule has 1 fully saturated rings. The first-order chi connectivity index (χ1) is 11.1. The number of amides is 2. The van der Waals surface area contributed by atoms with E-state index in [0.29, 0.717) is 30.4 Å². The monoisotopic (exact) mass is 313 g/mol. The third kappa shape index (κ3) is 4.20. The van der Waals surface area contributed by atoms with Crippen LogP contribution in [0.2, 0.25) is 0 Å². The van der Waals surface area contributed by atoms with Crippen LogP contribution in [-0.4, -0.2) is 29.3 Å². The smallest absolute Gasteiger partial charge is 0.248 e. The van der Waals surface area contributed by atoms with E-state index in [4.69, 9.17) is 10.2 Å². The van der Waals surface area contributed by atoms with Crippen molar-refractivity contribution in [3.8, 4) is 0 Å². The molecule has 0 atom stereocenters. The summed E-state index contributed by atoms with van der Waals surface area (Å²) in [5, 5.41) is 2.84. The van der Waals surface area contributed by atoms with E-state index in [1.165, 1.54) is 0 Å². The zero-order valence-electron chi connectivity index (χ0n) is 12.7. The number of benzene rings is 1. The molecule has 2 aromatic rings. The molecule has 0 radical (unpaired) electrons. The van der Waals surface area contributed by atoms with E-state index in [1.54, 1.807) is 30.5 Å². The zero-order valence-corrected chi connectivity index (χ0v) is 12.7. The normalized spacial score (nSPS) is 14.0. The first kappa shape index (κ1) is 15.3. The minimum atomic E-state index is -0.485. The molecule has 0 unspecified atom stereocenters. The molecule has 23 heavy (non-hydrogen) atoms. The van der Waals surface area contributed by atoms with Crippen molar-refractivity contribution in [2.75, 3.05) is 11.9 Å². The number of anilines is 1. The number of hydrogen-bond acceptors (Lipinski definition) is 4. The number of nitrogens with one attached hydrogen (secondary N) is 1. The Balaban J connectivity index is 1.57. The minimum Gasteiger partial charge on any atom is -0.468 e. The lowest BCUT2D eigenvalue weighted by atomic mass is 10.2. The standard InChI is InChI=1S/C17H19N3O3/c18-17(22)12-3-5-13(6-4-12)19-16(21)11-20(14-7-8-14)10-15-2-1-9-23-15/h1-6,9,14H,7-8,10-11H2,(H2,18,22)(H,19,21). The summed E-state index contributed by atoms with van der Waals surface area (Å²) in [6.07, 6.45) is 3.86. The van der Waals surface area contributed by atoms with Gasteiger partial charge in [-0.2, -0.15) is 0 Å². The van der Waals surface area contributed by atoms with E-state index in [1.807, 2.05) is 12.1 Å². The van der Waals surface area contributed by atoms with Crippen LogP contribution in [0.4, 0.5) is 5.69 Å². The lowest BCUT2D eigenvalue weighted by Crippen LogP contribution is -2.34. The number of hydrogen-bond donors (Lipinski definition) is 2. The van der Waals surface area contributed by atoms with E-state index in [-0.39, 0.29) is 5.91 Å². The molecule has 6 nitrogen and oxygen atoms in total. The summed E-state index contributed by atoms with van der Waals surface area (Å²) in [7, 11) is 0. The fourth-order valence-corrected chi connectivity index (χ4v) is 2.46. The van der Waals surface area contributed by atoms with Crippen LogP contribution in [0, 0.1) is 0 Å². The van der Waals surface area contributed by atoms with Gasteiger partial charge in [0.2, 0.25) is 11.8 Å². The Morgan fingerprint density at radius 2 is 1.96 bits per heavy atom. The molecule has 1 heterocycles. The summed E-state index contributed by atoms with van der Waals surface area (Å²) in [4.78, 5) is 25.4. The highest BCUT2D eigenvalue weighted by Gasteiger charge is 2.30. The second kappa shape index (κ2) is 6.66. The van der Waals surface area contributed by atoms with Crippen LogP contribution in [-0.2, 0) is 11.3 Å². The van der Waals surface area contributed by atoms with Crippen LogP contribution < -0.4 is 11.1 Å². The molecule has 6 heteroatoms. The first-order valence-electron chi connectivity index (χ1n) is 7.58. The summed E-state index contributed by atoms with van der Waals surface area (Å²) in [5.74, 6) is 0.284. The van der Waals surface area contributed by atoms with Crippen molar-refractivity contribution in [2.24, 2.45) is 5.73 Å². The second-order valence-electron chi connectivity index (χ2n) is 5.71. The van der Waals surface area contributed by atoms with E-state index >= 15 is 0 Å². The minimum absolute atomic E-state index is 0.0877. The molecular weight excluding hydrogens is 294 g/mol. The number of primary amides is 1. The van der Waals surface area contributed by atoms with Gasteiger partial charge in [-0.1, -0.05) is 0 Å². The lowest BCUT2D eigenvalue weighted by molar-refractivity contribution is -0.117. The summed E-state index contributed by atoms with van der Waals surface area (Å²) >= 11 is 0. The maximum Gasteiger partial charge on any atom is 0.248 e. The molecule has 1 aliphatic rings. The molecule has 2 amide bonds. The number of rotatable bonds is 7. The van der Waals surface area contributed by atoms with Gasteiger partial charge < -0.3 is 15.5 Å². The highest BCUT2D eigenvalue weighted by molar-refractivity contribution is 5.95. The third-order valence-corrected chi connectivity index (χ3v) is 3.80. The number of nitrogens with two attached hydrogens (primary N) is 1. The van der Waals surface area contributed by atoms with Crippen LogP contribution in [0.1, 0.15) is 29.0 Å². The van der Waals surface area contributed by atoms with E-state index < -0.39 is 5.91 Å². The van der Waals surface area contributed by atoms with Gasteiger partial charge in [-0.25, -0.2) is 0 Å². The molecule has 1 aromatic carbocycles. The van der Waals surface area contributed by atoms with E-state index in [0.717, 1.165) is 18.6 Å². The third-order valence-electron chi connectivity index (χ3n) is 3.80. The molecule has 0 spiro atoms. The van der Waals surface area contributed by atoms with Crippen LogP contribution in [0.3, 0.4) is 0 Å². The molecule has 3 rings (SSSR count). The van der Waals surface area contributed by atoms with Gasteiger partial charge >= 0.3 is 0 Å². The number of furan rings is 1. The molecular formula is C17H19N3O3. The summed E-state index contributed by atoms with van der Waals surface area (Å²) < 4.78 is 5.36. The molecule has 1 aliphatic carbocycles. The first-order valence-corrected chi connectivity index (χ1v) is 7.58. The Bertz CT molecular complexity index is 676. The van der Waals surface area contributed by atoms with Crippen molar-refractivity contribution < 1.29 is 14.0 Å². The fourth-order valence-electron chi connectivity index (χ4n) is 2.46. The van der Waals surface area contributed by atoms with Crippen LogP contribution >= 0.6 is 0 Å². The molecule has 1 saturated carbocycles. The van der Waals surface area contributed by atoms with Gasteiger partial charge in [0, 0.05) is 17.3 Å². The quantitative estimate of drug-likeness (QED) is 0.818. The lowest BCUT2D eigenvalue weighted by Gasteiger charge is -2.20. The molecule has 0 aliphatic heterocycles. The Morgan fingerprint density at radius 3 is 2.52 bits per heavy atom. The zero-order chi connectivity index (χ0) is 16.2. The van der Waals surface area contributed by atoms with Gasteiger partial charge in [-0.3, -0.25) is 14.5 Å². The molecule has 1 aromatic heterocycles. The van der Waals surface area contributed by atoms with Crippen molar-refractivity contribution >= 4 is 17.5 Å². The second-order valence-corrected chi connectivity index (χ2v) is 5.71. The van der Waals surface area contributed by atoms with E-state index in [2.05, 4.69) is 10.2 Å². The van der Waals surface area contributed by atoms with Gasteiger partial charge in [0.05, 0.1) is 19.4 Å². The maximum absolute atomic E-state index is 12.2. The van der Waals surface area contributed by atoms with Gasteiger partial charge in [-0.15, -0.1) is 0 Å². The topological polar surface area (TPSA) is 88.6 Å². The summed E-state index contributed by atoms with van der Waals surface area (Å²) in [5.41, 5.74) is 6.26. The van der Waals surface area contributed by atoms with Crippen molar-refractivity contribution in [3.05, 3.63) is 54.0 Å². The van der Waals surface area contributed by atoms with Crippen LogP contribution in [0.25, 0.3) is 0 Å². The number of carbonyl (C=O) groups is 2. The van der Waals surface area contributed by atoms with Crippen molar-refractivity contribution in [2.45, 2.75) is 25.4 Å². The Hall–Kier alpha value is -2.60. The SMILES string of the molecule is NC(=O)c1ccc(NC(=O)CN(Cc2ccco2)C2CC2)cc1. The number of nitrogens with zero attached hydrogens (tertiary/aromatic N) is 1. The molecule has 120 valence electrons. The van der Waals surface area contributed by atoms with E-state index in [9.17, 15) is 9.59 Å². The van der Waals surface area contributed by atoms with Crippen LogP contribution in [0.15, 0.2) is 47.1 Å². The van der Waals surface area contributed by atoms with Gasteiger partial charge in [0.1, 0.15) is 5.76 Å². The van der Waals surface area contributed by atoms with Gasteiger partial charge in [-0.05, 0) is 49.2 Å². The maximum atomic E-state index is 12.2. The molecule has 0 saturated heterocycles. The molecule has 0 bridgehead atoms. The average molecular weight is 313 g/mol. The number of carbonyl (C=O) groups excluding carboxylic acids is 2. The predicted molar refractivity (Wildman–Crippen MR) is 85.7 cm³/mol. The molecule has 3 N–H and O–H groups in total. The largest absolute Gasteiger partial charge is 0.468 e. The summed E-state index contributed by atoms with van der Waals surface area (Å²) in [6, 6.07) is 10.7. The van der Waals surface area contributed by atoms with Crippen molar-refractivity contribution in [1.29, 1.82) is 0 Å². The van der Waals surface area contributed by atoms with Gasteiger partial charge in [0.25, 0.3) is 0 Å².